The zero-order valence-electron chi connectivity index (χ0n) is 11.3. The van der Waals surface area contributed by atoms with Crippen LogP contribution >= 0.6 is 0 Å². The molecule has 104 valence electrons. The molecule has 1 N–H and O–H groups in total. The number of hydrogen-bond donors (Lipinski definition) is 1. The summed E-state index contributed by atoms with van der Waals surface area (Å²) in [4.78, 5) is 22.8. The van der Waals surface area contributed by atoms with E-state index >= 15 is 0 Å². The Balaban J connectivity index is 2.81. The summed E-state index contributed by atoms with van der Waals surface area (Å²) >= 11 is 0. The fourth-order valence-corrected chi connectivity index (χ4v) is 1.41. The maximum Gasteiger partial charge on any atom is 0.358 e. The third kappa shape index (κ3) is 3.90. The molecule has 0 saturated carbocycles. The maximum atomic E-state index is 11.6. The molecule has 1 unspecified atom stereocenters. The number of esters is 2. The number of rotatable bonds is 5. The van der Waals surface area contributed by atoms with Crippen LogP contribution in [-0.4, -0.2) is 42.4 Å². The normalized spacial score (nSPS) is 11.8. The van der Waals surface area contributed by atoms with Gasteiger partial charge >= 0.3 is 11.9 Å². The van der Waals surface area contributed by atoms with Crippen molar-refractivity contribution in [3.05, 3.63) is 17.8 Å². The fraction of sp³-hybridized carbons (Fsp3) is 0.500. The Labute approximate surface area is 111 Å². The predicted octanol–water partition coefficient (Wildman–Crippen LogP) is 0.873. The number of carbonyl (C=O) groups is 2. The molecular weight excluding hydrogens is 250 g/mol. The van der Waals surface area contributed by atoms with Crippen LogP contribution in [0.4, 0.5) is 5.82 Å². The number of methoxy groups -OCH3 is 2. The van der Waals surface area contributed by atoms with Crippen LogP contribution in [0, 0.1) is 5.92 Å². The van der Waals surface area contributed by atoms with Gasteiger partial charge in [-0.15, -0.1) is 10.2 Å². The fourth-order valence-electron chi connectivity index (χ4n) is 1.41. The highest BCUT2D eigenvalue weighted by molar-refractivity contribution is 5.87. The smallest absolute Gasteiger partial charge is 0.358 e. The van der Waals surface area contributed by atoms with E-state index in [1.807, 2.05) is 13.8 Å². The molecule has 0 aliphatic rings. The zero-order valence-corrected chi connectivity index (χ0v) is 11.3. The largest absolute Gasteiger partial charge is 0.467 e. The van der Waals surface area contributed by atoms with Gasteiger partial charge in [0.1, 0.15) is 11.9 Å². The van der Waals surface area contributed by atoms with Gasteiger partial charge < -0.3 is 14.8 Å². The van der Waals surface area contributed by atoms with Gasteiger partial charge in [0.2, 0.25) is 0 Å². The molecule has 1 aromatic rings. The second-order valence-electron chi connectivity index (χ2n) is 4.18. The molecule has 0 bridgehead atoms. The lowest BCUT2D eigenvalue weighted by atomic mass is 10.0. The molecule has 0 aliphatic carbocycles. The highest BCUT2D eigenvalue weighted by atomic mass is 16.5. The van der Waals surface area contributed by atoms with Gasteiger partial charge in [-0.2, -0.15) is 0 Å². The third-order valence-corrected chi connectivity index (χ3v) is 2.48. The third-order valence-electron chi connectivity index (χ3n) is 2.48. The van der Waals surface area contributed by atoms with E-state index in [1.165, 1.54) is 20.3 Å². The van der Waals surface area contributed by atoms with E-state index in [4.69, 9.17) is 4.74 Å². The van der Waals surface area contributed by atoms with Crippen molar-refractivity contribution in [2.75, 3.05) is 19.5 Å². The first-order chi connectivity index (χ1) is 8.99. The summed E-state index contributed by atoms with van der Waals surface area (Å²) in [6.45, 7) is 3.76. The van der Waals surface area contributed by atoms with Crippen LogP contribution in [-0.2, 0) is 14.3 Å². The molecule has 0 aliphatic heterocycles. The highest BCUT2D eigenvalue weighted by Crippen LogP contribution is 2.11. The molecule has 7 nitrogen and oxygen atoms in total. The molecule has 0 saturated heterocycles. The SMILES string of the molecule is COC(=O)c1ccc(NC(C(=O)OC)C(C)C)nn1. The minimum atomic E-state index is -0.563. The van der Waals surface area contributed by atoms with E-state index in [1.54, 1.807) is 6.07 Å². The Morgan fingerprint density at radius 1 is 1.16 bits per heavy atom. The van der Waals surface area contributed by atoms with Crippen LogP contribution in [0.15, 0.2) is 12.1 Å². The number of aromatic nitrogens is 2. The molecule has 1 aromatic heterocycles. The van der Waals surface area contributed by atoms with Crippen LogP contribution < -0.4 is 5.32 Å². The van der Waals surface area contributed by atoms with E-state index in [9.17, 15) is 9.59 Å². The topological polar surface area (TPSA) is 90.4 Å². The van der Waals surface area contributed by atoms with Gasteiger partial charge in [-0.1, -0.05) is 13.8 Å². The molecule has 0 radical (unpaired) electrons. The number of carbonyl (C=O) groups excluding carboxylic acids is 2. The second-order valence-corrected chi connectivity index (χ2v) is 4.18. The summed E-state index contributed by atoms with van der Waals surface area (Å²) in [6, 6.07) is 2.50. The summed E-state index contributed by atoms with van der Waals surface area (Å²) in [5.74, 6) is -0.535. The van der Waals surface area contributed by atoms with E-state index in [0.717, 1.165) is 0 Å². The number of anilines is 1. The number of nitrogens with one attached hydrogen (secondary N) is 1. The maximum absolute atomic E-state index is 11.6. The van der Waals surface area contributed by atoms with E-state index in [-0.39, 0.29) is 17.6 Å². The molecule has 0 aromatic carbocycles. The molecule has 19 heavy (non-hydrogen) atoms. The molecular formula is C12H17N3O4. The van der Waals surface area contributed by atoms with Crippen LogP contribution in [0.25, 0.3) is 0 Å². The van der Waals surface area contributed by atoms with Gasteiger partial charge in [0.15, 0.2) is 5.69 Å². The molecule has 0 spiro atoms. The van der Waals surface area contributed by atoms with Crippen molar-refractivity contribution in [3.63, 3.8) is 0 Å². The van der Waals surface area contributed by atoms with E-state index in [0.29, 0.717) is 5.82 Å². The summed E-state index contributed by atoms with van der Waals surface area (Å²) in [7, 11) is 2.59. The average molecular weight is 267 g/mol. The lowest BCUT2D eigenvalue weighted by Crippen LogP contribution is -2.35. The summed E-state index contributed by atoms with van der Waals surface area (Å²) in [6.07, 6.45) is 0. The molecule has 0 fully saturated rings. The highest BCUT2D eigenvalue weighted by Gasteiger charge is 2.23. The first kappa shape index (κ1) is 14.9. The Hall–Kier alpha value is -2.18. The Morgan fingerprint density at radius 2 is 1.84 bits per heavy atom. The van der Waals surface area contributed by atoms with E-state index < -0.39 is 12.0 Å². The van der Waals surface area contributed by atoms with E-state index in [2.05, 4.69) is 20.3 Å². The van der Waals surface area contributed by atoms with Gasteiger partial charge in [0.05, 0.1) is 14.2 Å². The molecule has 1 atom stereocenters. The van der Waals surface area contributed by atoms with Crippen LogP contribution in [0.1, 0.15) is 24.3 Å². The minimum Gasteiger partial charge on any atom is -0.467 e. The Bertz CT molecular complexity index is 445. The predicted molar refractivity (Wildman–Crippen MR) is 67.6 cm³/mol. The van der Waals surface area contributed by atoms with Gasteiger partial charge in [0, 0.05) is 0 Å². The van der Waals surface area contributed by atoms with Crippen molar-refractivity contribution in [1.29, 1.82) is 0 Å². The van der Waals surface area contributed by atoms with Crippen molar-refractivity contribution in [3.8, 4) is 0 Å². The van der Waals surface area contributed by atoms with Crippen molar-refractivity contribution >= 4 is 17.8 Å². The van der Waals surface area contributed by atoms with Gasteiger partial charge in [-0.05, 0) is 18.1 Å². The quantitative estimate of drug-likeness (QED) is 0.791. The average Bonchev–Trinajstić information content (AvgIpc) is 2.43. The number of ether oxygens (including phenoxy) is 2. The molecule has 1 rings (SSSR count). The standard InChI is InChI=1S/C12H17N3O4/c1-7(2)10(12(17)19-4)13-9-6-5-8(14-15-9)11(16)18-3/h5-7,10H,1-4H3,(H,13,15). The van der Waals surface area contributed by atoms with Crippen molar-refractivity contribution in [2.24, 2.45) is 5.92 Å². The van der Waals surface area contributed by atoms with Crippen LogP contribution in [0.5, 0.6) is 0 Å². The lowest BCUT2D eigenvalue weighted by Gasteiger charge is -2.19. The van der Waals surface area contributed by atoms with Crippen LogP contribution in [0.2, 0.25) is 0 Å². The first-order valence-electron chi connectivity index (χ1n) is 5.76. The Morgan fingerprint density at radius 3 is 2.26 bits per heavy atom. The van der Waals surface area contributed by atoms with Gasteiger partial charge in [-0.3, -0.25) is 0 Å². The number of hydrogen-bond acceptors (Lipinski definition) is 7. The van der Waals surface area contributed by atoms with Gasteiger partial charge in [-0.25, -0.2) is 9.59 Å². The van der Waals surface area contributed by atoms with Gasteiger partial charge in [0.25, 0.3) is 0 Å². The first-order valence-corrected chi connectivity index (χ1v) is 5.76. The summed E-state index contributed by atoms with van der Waals surface area (Å²) in [5.41, 5.74) is 0.104. The summed E-state index contributed by atoms with van der Waals surface area (Å²) < 4.78 is 9.22. The van der Waals surface area contributed by atoms with Crippen molar-refractivity contribution < 1.29 is 19.1 Å². The number of nitrogens with zero attached hydrogens (tertiary/aromatic N) is 2. The molecule has 1 heterocycles. The van der Waals surface area contributed by atoms with Crippen molar-refractivity contribution in [2.45, 2.75) is 19.9 Å². The zero-order chi connectivity index (χ0) is 14.4. The second kappa shape index (κ2) is 6.67. The Kier molecular flexibility index (Phi) is 5.23. The lowest BCUT2D eigenvalue weighted by molar-refractivity contribution is -0.142. The minimum absolute atomic E-state index is 0.0227. The van der Waals surface area contributed by atoms with Crippen LogP contribution in [0.3, 0.4) is 0 Å². The molecule has 7 heteroatoms. The van der Waals surface area contributed by atoms with Crippen molar-refractivity contribution in [1.82, 2.24) is 10.2 Å². The summed E-state index contributed by atoms with van der Waals surface area (Å²) in [5, 5.41) is 10.4. The molecule has 0 amide bonds. The monoisotopic (exact) mass is 267 g/mol.